The summed E-state index contributed by atoms with van der Waals surface area (Å²) < 4.78 is 12.9. The lowest BCUT2D eigenvalue weighted by molar-refractivity contribution is 0.0374. The molecule has 3 fully saturated rings. The highest BCUT2D eigenvalue weighted by Crippen LogP contribution is 2.32. The van der Waals surface area contributed by atoms with E-state index in [0.29, 0.717) is 25.7 Å². The Morgan fingerprint density at radius 2 is 1.70 bits per heavy atom. The van der Waals surface area contributed by atoms with Gasteiger partial charge in [-0.2, -0.15) is 0 Å². The fraction of sp³-hybridized carbons (Fsp3) is 0.625. The summed E-state index contributed by atoms with van der Waals surface area (Å²) in [5.74, 6) is 1.41. The molecule has 178 valence electrons. The number of aromatic nitrogens is 3. The molecular weight excluding hydrogens is 420 g/mol. The summed E-state index contributed by atoms with van der Waals surface area (Å²) >= 11 is 0. The van der Waals surface area contributed by atoms with Gasteiger partial charge in [0, 0.05) is 69.0 Å². The monoisotopic (exact) mass is 454 g/mol. The van der Waals surface area contributed by atoms with E-state index >= 15 is 0 Å². The first-order chi connectivity index (χ1) is 16.3. The van der Waals surface area contributed by atoms with Crippen molar-refractivity contribution in [1.29, 1.82) is 0 Å². The summed E-state index contributed by atoms with van der Waals surface area (Å²) in [5.41, 5.74) is 2.64. The number of nitrogens with zero attached hydrogens (tertiary/aromatic N) is 5. The maximum Gasteiger partial charge on any atom is 0.267 e. The molecule has 1 amide bonds. The molecule has 2 aromatic rings. The highest BCUT2D eigenvalue weighted by Gasteiger charge is 2.25. The lowest BCUT2D eigenvalue weighted by Gasteiger charge is -2.26. The largest absolute Gasteiger partial charge is 0.379 e. The van der Waals surface area contributed by atoms with E-state index in [2.05, 4.69) is 35.8 Å². The van der Waals surface area contributed by atoms with Crippen LogP contribution in [-0.2, 0) is 16.0 Å². The van der Waals surface area contributed by atoms with Crippen LogP contribution >= 0.6 is 0 Å². The van der Waals surface area contributed by atoms with Crippen molar-refractivity contribution in [2.24, 2.45) is 5.92 Å². The third kappa shape index (κ3) is 5.90. The molecule has 4 heterocycles. The second kappa shape index (κ2) is 10.6. The van der Waals surface area contributed by atoms with Crippen LogP contribution in [0.5, 0.6) is 0 Å². The third-order valence-electron chi connectivity index (χ3n) is 6.59. The van der Waals surface area contributed by atoms with Gasteiger partial charge in [0.2, 0.25) is 5.95 Å². The highest BCUT2D eigenvalue weighted by atomic mass is 16.5. The minimum absolute atomic E-state index is 0.00488. The van der Waals surface area contributed by atoms with Crippen LogP contribution in [0.3, 0.4) is 0 Å². The summed E-state index contributed by atoms with van der Waals surface area (Å²) in [6.45, 7) is 9.18. The number of amides is 1. The van der Waals surface area contributed by atoms with Crippen molar-refractivity contribution in [3.8, 4) is 11.1 Å². The molecule has 33 heavy (non-hydrogen) atoms. The van der Waals surface area contributed by atoms with Gasteiger partial charge in [-0.3, -0.25) is 9.69 Å². The maximum atomic E-state index is 13.0. The summed E-state index contributed by atoms with van der Waals surface area (Å²) in [7, 11) is 0. The molecule has 1 aliphatic carbocycles. The van der Waals surface area contributed by atoms with Gasteiger partial charge >= 0.3 is 0 Å². The molecule has 9 nitrogen and oxygen atoms in total. The Labute approximate surface area is 195 Å². The Morgan fingerprint density at radius 1 is 1.00 bits per heavy atom. The van der Waals surface area contributed by atoms with E-state index in [9.17, 15) is 4.79 Å². The maximum absolute atomic E-state index is 13.0. The number of rotatable bonds is 9. The van der Waals surface area contributed by atoms with Gasteiger partial charge in [0.1, 0.15) is 5.69 Å². The SMILES string of the molecule is O=C(NCCCN1CCOCC1)c1cc(-c2cnc(N3CCOCC3)nc2)cn1CC1CC1. The van der Waals surface area contributed by atoms with E-state index < -0.39 is 0 Å². The van der Waals surface area contributed by atoms with Gasteiger partial charge < -0.3 is 24.3 Å². The molecule has 0 radical (unpaired) electrons. The van der Waals surface area contributed by atoms with Crippen LogP contribution in [0.1, 0.15) is 29.8 Å². The molecule has 0 spiro atoms. The van der Waals surface area contributed by atoms with E-state index in [1.807, 2.05) is 18.5 Å². The first kappa shape index (κ1) is 22.3. The van der Waals surface area contributed by atoms with Gasteiger partial charge in [-0.1, -0.05) is 0 Å². The van der Waals surface area contributed by atoms with Crippen molar-refractivity contribution < 1.29 is 14.3 Å². The molecule has 1 N–H and O–H groups in total. The minimum Gasteiger partial charge on any atom is -0.379 e. The molecule has 2 saturated heterocycles. The number of hydrogen-bond donors (Lipinski definition) is 1. The molecule has 0 atom stereocenters. The van der Waals surface area contributed by atoms with Gasteiger partial charge in [-0.15, -0.1) is 0 Å². The van der Waals surface area contributed by atoms with E-state index in [0.717, 1.165) is 81.7 Å². The van der Waals surface area contributed by atoms with Crippen LogP contribution in [0, 0.1) is 5.92 Å². The number of ether oxygens (including phenoxy) is 2. The highest BCUT2D eigenvalue weighted by molar-refractivity contribution is 5.94. The van der Waals surface area contributed by atoms with Crippen LogP contribution in [0.2, 0.25) is 0 Å². The Hall–Kier alpha value is -2.49. The van der Waals surface area contributed by atoms with E-state index in [-0.39, 0.29) is 5.91 Å². The predicted octanol–water partition coefficient (Wildman–Crippen LogP) is 1.64. The smallest absolute Gasteiger partial charge is 0.267 e. The molecule has 3 aliphatic rings. The second-order valence-corrected chi connectivity index (χ2v) is 9.14. The molecule has 0 bridgehead atoms. The zero-order chi connectivity index (χ0) is 22.5. The zero-order valence-electron chi connectivity index (χ0n) is 19.2. The number of anilines is 1. The van der Waals surface area contributed by atoms with Gasteiger partial charge in [0.05, 0.1) is 26.4 Å². The Morgan fingerprint density at radius 3 is 2.39 bits per heavy atom. The fourth-order valence-electron chi connectivity index (χ4n) is 4.41. The molecule has 2 aliphatic heterocycles. The number of carbonyl (C=O) groups is 1. The molecule has 0 unspecified atom stereocenters. The first-order valence-electron chi connectivity index (χ1n) is 12.2. The van der Waals surface area contributed by atoms with Crippen LogP contribution in [0.4, 0.5) is 5.95 Å². The minimum atomic E-state index is -0.00488. The van der Waals surface area contributed by atoms with Crippen molar-refractivity contribution in [2.75, 3.05) is 70.6 Å². The summed E-state index contributed by atoms with van der Waals surface area (Å²) in [6.07, 6.45) is 9.22. The average Bonchev–Trinajstić information content (AvgIpc) is 3.59. The van der Waals surface area contributed by atoms with Crippen LogP contribution in [-0.4, -0.2) is 91.0 Å². The summed E-state index contributed by atoms with van der Waals surface area (Å²) in [6, 6.07) is 1.98. The van der Waals surface area contributed by atoms with Crippen LogP contribution < -0.4 is 10.2 Å². The molecule has 5 rings (SSSR count). The van der Waals surface area contributed by atoms with Crippen LogP contribution in [0.15, 0.2) is 24.7 Å². The molecule has 2 aromatic heterocycles. The molecule has 9 heteroatoms. The van der Waals surface area contributed by atoms with Crippen molar-refractivity contribution >= 4 is 11.9 Å². The summed E-state index contributed by atoms with van der Waals surface area (Å²) in [4.78, 5) is 26.7. The van der Waals surface area contributed by atoms with E-state index in [4.69, 9.17) is 9.47 Å². The van der Waals surface area contributed by atoms with Crippen molar-refractivity contribution in [3.63, 3.8) is 0 Å². The first-order valence-corrected chi connectivity index (χ1v) is 12.2. The normalized spacial score (nSPS) is 19.6. The van der Waals surface area contributed by atoms with Gasteiger partial charge in [-0.05, 0) is 37.8 Å². The van der Waals surface area contributed by atoms with Gasteiger partial charge in [0.25, 0.3) is 5.91 Å². The standard InChI is InChI=1S/C24H34N6O3/c31-23(25-4-1-5-28-6-10-32-11-7-28)22-14-20(18-30(22)17-19-2-3-19)21-15-26-24(27-16-21)29-8-12-33-13-9-29/h14-16,18-19H,1-13,17H2,(H,25,31). The van der Waals surface area contributed by atoms with Gasteiger partial charge in [0.15, 0.2) is 0 Å². The number of hydrogen-bond acceptors (Lipinski definition) is 7. The van der Waals surface area contributed by atoms with Crippen molar-refractivity contribution in [2.45, 2.75) is 25.8 Å². The number of nitrogens with one attached hydrogen (secondary N) is 1. The number of morpholine rings is 2. The zero-order valence-corrected chi connectivity index (χ0v) is 19.2. The molecule has 0 aromatic carbocycles. The Balaban J connectivity index is 1.22. The van der Waals surface area contributed by atoms with E-state index in [1.165, 1.54) is 12.8 Å². The fourth-order valence-corrected chi connectivity index (χ4v) is 4.41. The van der Waals surface area contributed by atoms with Crippen LogP contribution in [0.25, 0.3) is 11.1 Å². The van der Waals surface area contributed by atoms with Gasteiger partial charge in [-0.25, -0.2) is 9.97 Å². The Bertz CT molecular complexity index is 915. The number of carbonyl (C=O) groups excluding carboxylic acids is 1. The van der Waals surface area contributed by atoms with Crippen molar-refractivity contribution in [1.82, 2.24) is 24.8 Å². The quantitative estimate of drug-likeness (QED) is 0.577. The molecular formula is C24H34N6O3. The van der Waals surface area contributed by atoms with Crippen molar-refractivity contribution in [3.05, 3.63) is 30.4 Å². The lowest BCUT2D eigenvalue weighted by atomic mass is 10.2. The summed E-state index contributed by atoms with van der Waals surface area (Å²) in [5, 5.41) is 3.12. The second-order valence-electron chi connectivity index (χ2n) is 9.14. The third-order valence-corrected chi connectivity index (χ3v) is 6.59. The predicted molar refractivity (Wildman–Crippen MR) is 125 cm³/mol. The Kier molecular flexibility index (Phi) is 7.18. The topological polar surface area (TPSA) is 84.8 Å². The molecule has 1 saturated carbocycles. The van der Waals surface area contributed by atoms with E-state index in [1.54, 1.807) is 0 Å². The lowest BCUT2D eigenvalue weighted by Crippen LogP contribution is -2.38. The average molecular weight is 455 g/mol.